The molecule has 0 rings (SSSR count). The molecule has 0 aromatic carbocycles. The largest absolute Gasteiger partial charge is 0.315 e. The Bertz CT molecular complexity index is 122. The molecule has 1 atom stereocenters. The maximum absolute atomic E-state index is 9.23. The summed E-state index contributed by atoms with van der Waals surface area (Å²) in [4.78, 5) is 0. The molecule has 0 aliphatic heterocycles. The second kappa shape index (κ2) is 8.10. The zero-order valence-corrected chi connectivity index (χ0v) is 9.59. The van der Waals surface area contributed by atoms with Crippen LogP contribution in [0.4, 0.5) is 0 Å². The monoisotopic (exact) mass is 209 g/mol. The van der Waals surface area contributed by atoms with Gasteiger partial charge < -0.3 is 4.55 Å². The molecule has 0 aromatic rings. The van der Waals surface area contributed by atoms with Gasteiger partial charge in [0.25, 0.3) is 0 Å². The first-order valence-corrected chi connectivity index (χ1v) is 6.64. The Kier molecular flexibility index (Phi) is 8.44. The van der Waals surface area contributed by atoms with Crippen LogP contribution in [-0.2, 0) is 21.1 Å². The smallest absolute Gasteiger partial charge is 0.0809 e. The summed E-state index contributed by atoms with van der Waals surface area (Å²) in [6.45, 7) is 6.19. The quantitative estimate of drug-likeness (QED) is 0.696. The minimum absolute atomic E-state index is 0.940. The number of rotatable bonds is 7. The van der Waals surface area contributed by atoms with Gasteiger partial charge in [0.05, 0.1) is 9.92 Å². The Hall–Kier alpha value is 0.490. The average Bonchev–Trinajstić information content (AvgIpc) is 2.04. The molecule has 0 bridgehead atoms. The number of hydrogen-bond acceptors (Lipinski definition) is 1. The second-order valence-corrected chi connectivity index (χ2v) is 4.74. The van der Waals surface area contributed by atoms with E-state index < -0.39 is 9.92 Å². The summed E-state index contributed by atoms with van der Waals surface area (Å²) in [6.07, 6.45) is 4.58. The van der Waals surface area contributed by atoms with E-state index in [2.05, 4.69) is 13.8 Å². The van der Waals surface area contributed by atoms with Crippen molar-refractivity contribution in [1.82, 2.24) is 4.31 Å². The number of hydrogen-bond donors (Lipinski definition) is 1. The van der Waals surface area contributed by atoms with Gasteiger partial charge in [-0.3, -0.25) is 0 Å². The van der Waals surface area contributed by atoms with E-state index in [0.717, 1.165) is 38.8 Å². The first-order valence-electron chi connectivity index (χ1n) is 4.58. The van der Waals surface area contributed by atoms with E-state index in [1.165, 1.54) is 0 Å². The Morgan fingerprint density at radius 3 is 1.83 bits per heavy atom. The molecule has 0 aliphatic rings. The van der Waals surface area contributed by atoms with E-state index >= 15 is 0 Å². The third kappa shape index (κ3) is 6.06. The van der Waals surface area contributed by atoms with Gasteiger partial charge in [-0.2, -0.15) is 0 Å². The second-order valence-electron chi connectivity index (χ2n) is 2.87. The minimum Gasteiger partial charge on any atom is -0.315 e. The SMILES string of the molecule is CCCCN(CCCC)S(O)=S. The van der Waals surface area contributed by atoms with Gasteiger partial charge in [0.2, 0.25) is 0 Å². The molecule has 0 saturated carbocycles. The molecule has 2 nitrogen and oxygen atoms in total. The summed E-state index contributed by atoms with van der Waals surface area (Å²) in [5, 5.41) is 0. The van der Waals surface area contributed by atoms with Crippen LogP contribution < -0.4 is 0 Å². The molecule has 0 aromatic heterocycles. The van der Waals surface area contributed by atoms with Crippen molar-refractivity contribution in [2.45, 2.75) is 39.5 Å². The van der Waals surface area contributed by atoms with Crippen LogP contribution in [0, 0.1) is 0 Å². The van der Waals surface area contributed by atoms with Crippen LogP contribution in [0.5, 0.6) is 0 Å². The third-order valence-corrected chi connectivity index (χ3v) is 3.18. The van der Waals surface area contributed by atoms with Crippen LogP contribution in [0.2, 0.25) is 0 Å². The van der Waals surface area contributed by atoms with Crippen LogP contribution in [0.25, 0.3) is 0 Å². The maximum atomic E-state index is 9.23. The van der Waals surface area contributed by atoms with Crippen LogP contribution in [0.1, 0.15) is 39.5 Å². The lowest BCUT2D eigenvalue weighted by Crippen LogP contribution is -2.27. The molecule has 74 valence electrons. The van der Waals surface area contributed by atoms with Crippen molar-refractivity contribution in [2.24, 2.45) is 0 Å². The Morgan fingerprint density at radius 2 is 1.58 bits per heavy atom. The highest BCUT2D eigenvalue weighted by Crippen LogP contribution is 2.01. The van der Waals surface area contributed by atoms with Crippen molar-refractivity contribution in [3.8, 4) is 0 Å². The van der Waals surface area contributed by atoms with Gasteiger partial charge in [-0.15, -0.1) is 0 Å². The van der Waals surface area contributed by atoms with Gasteiger partial charge in [-0.1, -0.05) is 26.7 Å². The van der Waals surface area contributed by atoms with E-state index in [1.807, 2.05) is 4.31 Å². The molecule has 0 spiro atoms. The summed E-state index contributed by atoms with van der Waals surface area (Å²) in [5.41, 5.74) is 0. The molecular weight excluding hydrogens is 190 g/mol. The van der Waals surface area contributed by atoms with Crippen LogP contribution in [0.3, 0.4) is 0 Å². The topological polar surface area (TPSA) is 23.5 Å². The van der Waals surface area contributed by atoms with Gasteiger partial charge in [0, 0.05) is 13.1 Å². The number of unbranched alkanes of at least 4 members (excludes halogenated alkanes) is 2. The standard InChI is InChI=1S/C8H19NOS2/c1-3-5-7-9(12(10)11)8-6-4-2/h3-8H2,1-2H3,(H,10,11). The van der Waals surface area contributed by atoms with Gasteiger partial charge in [0.1, 0.15) is 0 Å². The molecule has 0 saturated heterocycles. The summed E-state index contributed by atoms with van der Waals surface area (Å²) >= 11 is 4.84. The minimum atomic E-state index is -0.940. The van der Waals surface area contributed by atoms with Crippen molar-refractivity contribution in [3.63, 3.8) is 0 Å². The molecular formula is C8H19NOS2. The van der Waals surface area contributed by atoms with Crippen molar-refractivity contribution < 1.29 is 4.55 Å². The van der Waals surface area contributed by atoms with Crippen molar-refractivity contribution >= 4 is 21.1 Å². The lowest BCUT2D eigenvalue weighted by molar-refractivity contribution is 0.412. The molecule has 0 amide bonds. The first-order chi connectivity index (χ1) is 5.72. The van der Waals surface area contributed by atoms with E-state index in [1.54, 1.807) is 0 Å². The van der Waals surface area contributed by atoms with E-state index in [9.17, 15) is 4.55 Å². The summed E-state index contributed by atoms with van der Waals surface area (Å²) in [7, 11) is -0.940. The van der Waals surface area contributed by atoms with E-state index in [0.29, 0.717) is 0 Å². The summed E-state index contributed by atoms with van der Waals surface area (Å²) in [5.74, 6) is 0. The third-order valence-electron chi connectivity index (χ3n) is 1.74. The van der Waals surface area contributed by atoms with Crippen LogP contribution in [0.15, 0.2) is 0 Å². The molecule has 0 aliphatic carbocycles. The van der Waals surface area contributed by atoms with E-state index in [-0.39, 0.29) is 0 Å². The Balaban J connectivity index is 3.62. The van der Waals surface area contributed by atoms with E-state index in [4.69, 9.17) is 11.2 Å². The summed E-state index contributed by atoms with van der Waals surface area (Å²) in [6, 6.07) is 0. The maximum Gasteiger partial charge on any atom is 0.0809 e. The highest BCUT2D eigenvalue weighted by molar-refractivity contribution is 8.24. The zero-order valence-electron chi connectivity index (χ0n) is 7.95. The Labute approximate surface area is 82.9 Å². The fraction of sp³-hybridized carbons (Fsp3) is 1.00. The first kappa shape index (κ1) is 12.5. The summed E-state index contributed by atoms with van der Waals surface area (Å²) < 4.78 is 11.2. The van der Waals surface area contributed by atoms with Gasteiger partial charge >= 0.3 is 0 Å². The van der Waals surface area contributed by atoms with Crippen molar-refractivity contribution in [1.29, 1.82) is 0 Å². The predicted octanol–water partition coefficient (Wildman–Crippen LogP) is 2.36. The lowest BCUT2D eigenvalue weighted by Gasteiger charge is -2.18. The molecule has 12 heavy (non-hydrogen) atoms. The lowest BCUT2D eigenvalue weighted by atomic mass is 10.3. The van der Waals surface area contributed by atoms with Gasteiger partial charge in [-0.05, 0) is 24.0 Å². The number of nitrogens with zero attached hydrogens (tertiary/aromatic N) is 1. The highest BCUT2D eigenvalue weighted by Gasteiger charge is 2.05. The molecule has 0 fully saturated rings. The van der Waals surface area contributed by atoms with Gasteiger partial charge in [-0.25, -0.2) is 4.31 Å². The zero-order chi connectivity index (χ0) is 9.40. The van der Waals surface area contributed by atoms with Crippen molar-refractivity contribution in [2.75, 3.05) is 13.1 Å². The molecule has 1 unspecified atom stereocenters. The van der Waals surface area contributed by atoms with Crippen molar-refractivity contribution in [3.05, 3.63) is 0 Å². The molecule has 4 heteroatoms. The molecule has 1 N–H and O–H groups in total. The fourth-order valence-electron chi connectivity index (χ4n) is 0.937. The molecule has 0 heterocycles. The highest BCUT2D eigenvalue weighted by atomic mass is 32.8. The Morgan fingerprint density at radius 1 is 1.17 bits per heavy atom. The predicted molar refractivity (Wildman–Crippen MR) is 58.7 cm³/mol. The normalized spacial score (nSPS) is 13.7. The van der Waals surface area contributed by atoms with Gasteiger partial charge in [0.15, 0.2) is 0 Å². The fourth-order valence-corrected chi connectivity index (χ4v) is 1.95. The van der Waals surface area contributed by atoms with Crippen LogP contribution >= 0.6 is 0 Å². The van der Waals surface area contributed by atoms with Crippen LogP contribution in [-0.4, -0.2) is 21.9 Å². The molecule has 0 radical (unpaired) electrons. The average molecular weight is 209 g/mol.